The number of nitrogens with one attached hydrogen (secondary N) is 1. The molecule has 5 rings (SSSR count). The first kappa shape index (κ1) is 24.4. The van der Waals surface area contributed by atoms with Crippen molar-refractivity contribution in [1.29, 1.82) is 0 Å². The smallest absolute Gasteiger partial charge is 0.244 e. The number of carbonyl (C=O) groups is 1. The molecule has 0 aliphatic heterocycles. The Kier molecular flexibility index (Phi) is 7.36. The van der Waals surface area contributed by atoms with Crippen LogP contribution in [0.2, 0.25) is 0 Å². The molecule has 0 aliphatic carbocycles. The highest BCUT2D eigenvalue weighted by Crippen LogP contribution is 2.38. The van der Waals surface area contributed by atoms with Gasteiger partial charge in [0.1, 0.15) is 11.3 Å². The molecule has 1 aromatic heterocycles. The molecule has 0 bridgehead atoms. The summed E-state index contributed by atoms with van der Waals surface area (Å²) in [5.74, 6) is 0.607. The fourth-order valence-corrected chi connectivity index (χ4v) is 4.69. The van der Waals surface area contributed by atoms with E-state index in [0.717, 1.165) is 46.1 Å². The molecule has 0 unspecified atom stereocenters. The maximum absolute atomic E-state index is 12.7. The number of rotatable bonds is 9. The zero-order valence-corrected chi connectivity index (χ0v) is 21.3. The molecule has 4 nitrogen and oxygen atoms in total. The molecule has 1 N–H and O–H groups in total. The van der Waals surface area contributed by atoms with E-state index in [1.807, 2.05) is 50.2 Å². The maximum atomic E-state index is 12.7. The number of allylic oxidation sites excluding steroid dienone is 1. The highest BCUT2D eigenvalue weighted by atomic mass is 16.5. The third-order valence-electron chi connectivity index (χ3n) is 6.59. The molecule has 0 fully saturated rings. The van der Waals surface area contributed by atoms with Crippen LogP contribution >= 0.6 is 0 Å². The van der Waals surface area contributed by atoms with Crippen LogP contribution in [0.25, 0.3) is 38.4 Å². The number of hydrogen-bond donors (Lipinski definition) is 1. The Hall–Kier alpha value is -4.31. The average Bonchev–Trinajstić information content (AvgIpc) is 3.34. The van der Waals surface area contributed by atoms with Crippen LogP contribution in [0.15, 0.2) is 102 Å². The summed E-state index contributed by atoms with van der Waals surface area (Å²) in [6, 6.07) is 29.1. The molecule has 4 aromatic carbocycles. The Labute approximate surface area is 217 Å². The van der Waals surface area contributed by atoms with Gasteiger partial charge in [-0.3, -0.25) is 4.79 Å². The molecular weight excluding hydrogens is 458 g/mol. The molecule has 4 heteroatoms. The predicted molar refractivity (Wildman–Crippen MR) is 152 cm³/mol. The average molecular weight is 490 g/mol. The first-order valence-corrected chi connectivity index (χ1v) is 12.8. The zero-order chi connectivity index (χ0) is 25.6. The van der Waals surface area contributed by atoms with Crippen LogP contribution in [-0.4, -0.2) is 19.1 Å². The van der Waals surface area contributed by atoms with Crippen LogP contribution < -0.4 is 10.1 Å². The monoisotopic (exact) mass is 489 g/mol. The Bertz CT molecular complexity index is 1560. The third-order valence-corrected chi connectivity index (χ3v) is 6.59. The van der Waals surface area contributed by atoms with Crippen LogP contribution in [0, 0.1) is 0 Å². The first-order valence-electron chi connectivity index (χ1n) is 12.8. The number of fused-ring (bicyclic) bond motifs is 2. The molecule has 0 saturated carbocycles. The molecule has 0 atom stereocenters. The standard InChI is InChI=1S/C33H31NO3/c1-3-36-31-21-32-29(30(22-37-32)27-16-15-25-13-7-8-14-26(25)19-27)20-28(31)23(2)18-33(35)34-17-9-12-24-10-5-4-6-11-24/h4-8,10-11,13-16,18-22H,3,9,12,17H2,1-2H3,(H,34,35)/b23-18+. The lowest BCUT2D eigenvalue weighted by Gasteiger charge is -2.12. The van der Waals surface area contributed by atoms with Crippen molar-refractivity contribution in [3.63, 3.8) is 0 Å². The van der Waals surface area contributed by atoms with Crippen molar-refractivity contribution in [2.45, 2.75) is 26.7 Å². The van der Waals surface area contributed by atoms with E-state index in [9.17, 15) is 4.79 Å². The summed E-state index contributed by atoms with van der Waals surface area (Å²) in [6.07, 6.45) is 5.28. The van der Waals surface area contributed by atoms with E-state index in [1.54, 1.807) is 12.3 Å². The molecule has 0 aliphatic rings. The molecule has 1 amide bonds. The Morgan fingerprint density at radius 2 is 1.73 bits per heavy atom. The van der Waals surface area contributed by atoms with E-state index >= 15 is 0 Å². The van der Waals surface area contributed by atoms with Crippen LogP contribution in [0.1, 0.15) is 31.4 Å². The summed E-state index contributed by atoms with van der Waals surface area (Å²) in [6.45, 7) is 5.05. The van der Waals surface area contributed by atoms with Crippen molar-refractivity contribution < 1.29 is 13.9 Å². The van der Waals surface area contributed by atoms with E-state index < -0.39 is 0 Å². The number of aryl methyl sites for hydroxylation is 1. The van der Waals surface area contributed by atoms with Crippen molar-refractivity contribution in [2.24, 2.45) is 0 Å². The first-order chi connectivity index (χ1) is 18.1. The zero-order valence-electron chi connectivity index (χ0n) is 21.3. The quantitative estimate of drug-likeness (QED) is 0.170. The van der Waals surface area contributed by atoms with Crippen molar-refractivity contribution in [3.8, 4) is 16.9 Å². The number of amides is 1. The SMILES string of the molecule is CCOc1cc2occ(-c3ccc4ccccc4c3)c2cc1/C(C)=C/C(=O)NCCCc1ccccc1. The number of hydrogen-bond acceptors (Lipinski definition) is 3. The summed E-state index contributed by atoms with van der Waals surface area (Å²) in [5, 5.41) is 6.39. The summed E-state index contributed by atoms with van der Waals surface area (Å²) in [4.78, 5) is 12.7. The van der Waals surface area contributed by atoms with E-state index in [4.69, 9.17) is 9.15 Å². The van der Waals surface area contributed by atoms with Gasteiger partial charge in [-0.25, -0.2) is 0 Å². The second kappa shape index (κ2) is 11.2. The van der Waals surface area contributed by atoms with E-state index in [0.29, 0.717) is 18.9 Å². The Morgan fingerprint density at radius 3 is 2.54 bits per heavy atom. The minimum Gasteiger partial charge on any atom is -0.493 e. The van der Waals surface area contributed by atoms with Crippen LogP contribution in [0.4, 0.5) is 0 Å². The molecular formula is C33H31NO3. The number of benzene rings is 4. The molecule has 0 saturated heterocycles. The van der Waals surface area contributed by atoms with Gasteiger partial charge < -0.3 is 14.5 Å². The number of ether oxygens (including phenoxy) is 1. The van der Waals surface area contributed by atoms with Gasteiger partial charge in [-0.2, -0.15) is 0 Å². The lowest BCUT2D eigenvalue weighted by Crippen LogP contribution is -2.22. The van der Waals surface area contributed by atoms with Crippen LogP contribution in [0.3, 0.4) is 0 Å². The number of carbonyl (C=O) groups excluding carboxylic acids is 1. The minimum absolute atomic E-state index is 0.102. The Morgan fingerprint density at radius 1 is 0.946 bits per heavy atom. The van der Waals surface area contributed by atoms with E-state index in [2.05, 4.69) is 53.8 Å². The fraction of sp³-hybridized carbons (Fsp3) is 0.182. The summed E-state index contributed by atoms with van der Waals surface area (Å²) < 4.78 is 11.9. The van der Waals surface area contributed by atoms with Crippen molar-refractivity contribution in [1.82, 2.24) is 5.32 Å². The van der Waals surface area contributed by atoms with Gasteiger partial charge in [-0.1, -0.05) is 66.7 Å². The molecule has 0 radical (unpaired) electrons. The molecule has 5 aromatic rings. The van der Waals surface area contributed by atoms with Gasteiger partial charge in [0, 0.05) is 35.2 Å². The number of furan rings is 1. The van der Waals surface area contributed by atoms with E-state index in [-0.39, 0.29) is 5.91 Å². The Balaban J connectivity index is 1.39. The van der Waals surface area contributed by atoms with Crippen molar-refractivity contribution in [2.75, 3.05) is 13.2 Å². The minimum atomic E-state index is -0.102. The topological polar surface area (TPSA) is 51.5 Å². The second-order valence-electron chi connectivity index (χ2n) is 9.20. The van der Waals surface area contributed by atoms with Crippen LogP contribution in [-0.2, 0) is 11.2 Å². The molecule has 186 valence electrons. The van der Waals surface area contributed by atoms with Crippen molar-refractivity contribution >= 4 is 33.2 Å². The van der Waals surface area contributed by atoms with Crippen LogP contribution in [0.5, 0.6) is 5.75 Å². The highest BCUT2D eigenvalue weighted by molar-refractivity contribution is 6.01. The van der Waals surface area contributed by atoms with E-state index in [1.165, 1.54) is 16.3 Å². The van der Waals surface area contributed by atoms with Gasteiger partial charge in [0.2, 0.25) is 5.91 Å². The highest BCUT2D eigenvalue weighted by Gasteiger charge is 2.15. The van der Waals surface area contributed by atoms with Gasteiger partial charge in [0.05, 0.1) is 12.9 Å². The lowest BCUT2D eigenvalue weighted by atomic mass is 9.97. The molecule has 37 heavy (non-hydrogen) atoms. The summed E-state index contributed by atoms with van der Waals surface area (Å²) in [7, 11) is 0. The largest absolute Gasteiger partial charge is 0.493 e. The van der Waals surface area contributed by atoms with Gasteiger partial charge in [0.25, 0.3) is 0 Å². The molecule has 1 heterocycles. The second-order valence-corrected chi connectivity index (χ2v) is 9.20. The summed E-state index contributed by atoms with van der Waals surface area (Å²) >= 11 is 0. The van der Waals surface area contributed by atoms with Gasteiger partial charge >= 0.3 is 0 Å². The van der Waals surface area contributed by atoms with Gasteiger partial charge in [-0.05, 0) is 66.3 Å². The third kappa shape index (κ3) is 5.59. The molecule has 0 spiro atoms. The maximum Gasteiger partial charge on any atom is 0.244 e. The fourth-order valence-electron chi connectivity index (χ4n) is 4.69. The van der Waals surface area contributed by atoms with Crippen molar-refractivity contribution in [3.05, 3.63) is 108 Å². The normalized spacial score (nSPS) is 11.7. The lowest BCUT2D eigenvalue weighted by molar-refractivity contribution is -0.116. The predicted octanol–water partition coefficient (Wildman–Crippen LogP) is 7.80. The van der Waals surface area contributed by atoms with Gasteiger partial charge in [-0.15, -0.1) is 0 Å². The summed E-state index contributed by atoms with van der Waals surface area (Å²) in [5.41, 5.74) is 5.87. The van der Waals surface area contributed by atoms with Gasteiger partial charge in [0.15, 0.2) is 0 Å².